The number of aryl methyl sites for hydroxylation is 1. The Hall–Kier alpha value is -2.18. The summed E-state index contributed by atoms with van der Waals surface area (Å²) in [5, 5.41) is 20.0. The summed E-state index contributed by atoms with van der Waals surface area (Å²) < 4.78 is 1.80. The van der Waals surface area contributed by atoms with Crippen molar-refractivity contribution in [2.75, 3.05) is 11.9 Å². The quantitative estimate of drug-likeness (QED) is 0.819. The number of carboxylic acid groups (broad SMARTS) is 1. The third-order valence-electron chi connectivity index (χ3n) is 2.86. The van der Waals surface area contributed by atoms with Crippen LogP contribution < -0.4 is 5.32 Å². The zero-order chi connectivity index (χ0) is 13.1. The van der Waals surface area contributed by atoms with Gasteiger partial charge in [-0.15, -0.1) is 10.2 Å². The number of carboxylic acids is 1. The van der Waals surface area contributed by atoms with Crippen molar-refractivity contribution in [3.05, 3.63) is 18.2 Å². The minimum absolute atomic E-state index is 0.324. The van der Waals surface area contributed by atoms with E-state index in [1.54, 1.807) is 16.8 Å². The topological polar surface area (TPSA) is 92.4 Å². The number of hydrogen-bond acceptors (Lipinski definition) is 5. The lowest BCUT2D eigenvalue weighted by Crippen LogP contribution is -2.22. The van der Waals surface area contributed by atoms with Crippen LogP contribution in [0, 0.1) is 12.8 Å². The van der Waals surface area contributed by atoms with Crippen molar-refractivity contribution in [3.63, 3.8) is 0 Å². The van der Waals surface area contributed by atoms with E-state index in [-0.39, 0.29) is 0 Å². The maximum absolute atomic E-state index is 10.9. The number of anilines is 1. The van der Waals surface area contributed by atoms with Gasteiger partial charge in [0.15, 0.2) is 5.82 Å². The smallest absolute Gasteiger partial charge is 0.308 e. The largest absolute Gasteiger partial charge is 0.481 e. The lowest BCUT2D eigenvalue weighted by molar-refractivity contribution is -0.141. The SMILES string of the molecule is CCC(CNc1nccn2c(C)nnc12)C(=O)O. The summed E-state index contributed by atoms with van der Waals surface area (Å²) in [5.41, 5.74) is 0.607. The van der Waals surface area contributed by atoms with Crippen LogP contribution in [-0.4, -0.2) is 37.2 Å². The third kappa shape index (κ3) is 2.24. The fourth-order valence-electron chi connectivity index (χ4n) is 1.69. The second-order valence-corrected chi connectivity index (χ2v) is 4.04. The Morgan fingerprint density at radius 1 is 1.56 bits per heavy atom. The Bertz CT molecular complexity index is 566. The Morgan fingerprint density at radius 3 is 3.00 bits per heavy atom. The molecular formula is C11H15N5O2. The second kappa shape index (κ2) is 4.99. The molecule has 2 aromatic rings. The highest BCUT2D eigenvalue weighted by Gasteiger charge is 2.16. The number of nitrogens with one attached hydrogen (secondary N) is 1. The van der Waals surface area contributed by atoms with E-state index < -0.39 is 11.9 Å². The summed E-state index contributed by atoms with van der Waals surface area (Å²) in [5.74, 6) is 0.0733. The lowest BCUT2D eigenvalue weighted by atomic mass is 10.1. The van der Waals surface area contributed by atoms with Gasteiger partial charge in [-0.25, -0.2) is 4.98 Å². The summed E-state index contributed by atoms with van der Waals surface area (Å²) in [7, 11) is 0. The van der Waals surface area contributed by atoms with Crippen molar-refractivity contribution in [1.82, 2.24) is 19.6 Å². The van der Waals surface area contributed by atoms with E-state index in [0.29, 0.717) is 24.4 Å². The van der Waals surface area contributed by atoms with E-state index in [1.807, 2.05) is 13.8 Å². The van der Waals surface area contributed by atoms with Crippen molar-refractivity contribution in [2.24, 2.45) is 5.92 Å². The molecule has 18 heavy (non-hydrogen) atoms. The first-order valence-corrected chi connectivity index (χ1v) is 5.76. The van der Waals surface area contributed by atoms with E-state index in [1.165, 1.54) is 0 Å². The molecule has 0 saturated carbocycles. The first-order valence-electron chi connectivity index (χ1n) is 5.76. The molecular weight excluding hydrogens is 234 g/mol. The number of aliphatic carboxylic acids is 1. The molecule has 0 aliphatic rings. The van der Waals surface area contributed by atoms with Gasteiger partial charge in [0.25, 0.3) is 0 Å². The average Bonchev–Trinajstić information content (AvgIpc) is 2.73. The molecule has 0 amide bonds. The molecule has 2 N–H and O–H groups in total. The van der Waals surface area contributed by atoms with Crippen molar-refractivity contribution in [1.29, 1.82) is 0 Å². The fraction of sp³-hybridized carbons (Fsp3) is 0.455. The van der Waals surface area contributed by atoms with Crippen LogP contribution in [0.15, 0.2) is 12.4 Å². The van der Waals surface area contributed by atoms with E-state index in [0.717, 1.165) is 5.82 Å². The zero-order valence-corrected chi connectivity index (χ0v) is 10.3. The Kier molecular flexibility index (Phi) is 3.40. The highest BCUT2D eigenvalue weighted by Crippen LogP contribution is 2.13. The summed E-state index contributed by atoms with van der Waals surface area (Å²) in [6.07, 6.45) is 3.97. The monoisotopic (exact) mass is 249 g/mol. The van der Waals surface area contributed by atoms with E-state index in [9.17, 15) is 4.79 Å². The molecule has 1 atom stereocenters. The molecule has 0 saturated heterocycles. The summed E-state index contributed by atoms with van der Waals surface area (Å²) >= 11 is 0. The maximum Gasteiger partial charge on any atom is 0.308 e. The molecule has 96 valence electrons. The molecule has 2 heterocycles. The number of rotatable bonds is 5. The first kappa shape index (κ1) is 12.3. The standard InChI is InChI=1S/C11H15N5O2/c1-3-8(11(17)18)6-13-9-10-15-14-7(2)16(10)5-4-12-9/h4-5,8H,3,6H2,1-2H3,(H,12,13)(H,17,18). The van der Waals surface area contributed by atoms with Crippen LogP contribution in [0.25, 0.3) is 5.65 Å². The van der Waals surface area contributed by atoms with Crippen molar-refractivity contribution < 1.29 is 9.90 Å². The second-order valence-electron chi connectivity index (χ2n) is 4.04. The van der Waals surface area contributed by atoms with Gasteiger partial charge in [-0.05, 0) is 13.3 Å². The molecule has 0 radical (unpaired) electrons. The Morgan fingerprint density at radius 2 is 2.33 bits per heavy atom. The molecule has 0 aromatic carbocycles. The molecule has 1 unspecified atom stereocenters. The molecule has 0 bridgehead atoms. The third-order valence-corrected chi connectivity index (χ3v) is 2.86. The highest BCUT2D eigenvalue weighted by molar-refractivity contribution is 5.71. The minimum Gasteiger partial charge on any atom is -0.481 e. The molecule has 7 nitrogen and oxygen atoms in total. The van der Waals surface area contributed by atoms with Gasteiger partial charge in [-0.2, -0.15) is 0 Å². The zero-order valence-electron chi connectivity index (χ0n) is 10.3. The van der Waals surface area contributed by atoms with Crippen LogP contribution in [0.2, 0.25) is 0 Å². The average molecular weight is 249 g/mol. The normalized spacial score (nSPS) is 12.6. The predicted octanol–water partition coefficient (Wildman–Crippen LogP) is 0.955. The molecule has 2 rings (SSSR count). The van der Waals surface area contributed by atoms with E-state index >= 15 is 0 Å². The van der Waals surface area contributed by atoms with Crippen LogP contribution >= 0.6 is 0 Å². The molecule has 0 fully saturated rings. The molecule has 0 spiro atoms. The fourth-order valence-corrected chi connectivity index (χ4v) is 1.69. The molecule has 0 aliphatic carbocycles. The van der Waals surface area contributed by atoms with Gasteiger partial charge in [0, 0.05) is 18.9 Å². The van der Waals surface area contributed by atoms with Gasteiger partial charge in [0.1, 0.15) is 5.82 Å². The van der Waals surface area contributed by atoms with Crippen LogP contribution in [0.1, 0.15) is 19.2 Å². The van der Waals surface area contributed by atoms with Gasteiger partial charge in [0.05, 0.1) is 5.92 Å². The molecule has 2 aromatic heterocycles. The number of carbonyl (C=O) groups is 1. The van der Waals surface area contributed by atoms with Crippen molar-refractivity contribution in [2.45, 2.75) is 20.3 Å². The van der Waals surface area contributed by atoms with Gasteiger partial charge in [0.2, 0.25) is 5.65 Å². The molecule has 7 heteroatoms. The van der Waals surface area contributed by atoms with Gasteiger partial charge >= 0.3 is 5.97 Å². The maximum atomic E-state index is 10.9. The summed E-state index contributed by atoms with van der Waals surface area (Å²) in [6.45, 7) is 4.01. The number of fused-ring (bicyclic) bond motifs is 1. The Balaban J connectivity index is 2.19. The van der Waals surface area contributed by atoms with Crippen molar-refractivity contribution in [3.8, 4) is 0 Å². The van der Waals surface area contributed by atoms with Crippen molar-refractivity contribution >= 4 is 17.4 Å². The Labute approximate surface area is 104 Å². The van der Waals surface area contributed by atoms with Crippen LogP contribution in [0.4, 0.5) is 5.82 Å². The van der Waals surface area contributed by atoms with Crippen LogP contribution in [0.5, 0.6) is 0 Å². The number of nitrogens with zero attached hydrogens (tertiary/aromatic N) is 4. The van der Waals surface area contributed by atoms with Gasteiger partial charge < -0.3 is 10.4 Å². The number of aromatic nitrogens is 4. The minimum atomic E-state index is -0.811. The van der Waals surface area contributed by atoms with Gasteiger partial charge in [-0.1, -0.05) is 6.92 Å². The van der Waals surface area contributed by atoms with Crippen LogP contribution in [0.3, 0.4) is 0 Å². The van der Waals surface area contributed by atoms with Crippen LogP contribution in [-0.2, 0) is 4.79 Å². The van der Waals surface area contributed by atoms with E-state index in [2.05, 4.69) is 20.5 Å². The van der Waals surface area contributed by atoms with Gasteiger partial charge in [-0.3, -0.25) is 9.20 Å². The summed E-state index contributed by atoms with van der Waals surface area (Å²) in [4.78, 5) is 15.1. The highest BCUT2D eigenvalue weighted by atomic mass is 16.4. The lowest BCUT2D eigenvalue weighted by Gasteiger charge is -2.11. The number of hydrogen-bond donors (Lipinski definition) is 2. The molecule has 0 aliphatic heterocycles. The summed E-state index contributed by atoms with van der Waals surface area (Å²) in [6, 6.07) is 0. The van der Waals surface area contributed by atoms with E-state index in [4.69, 9.17) is 5.11 Å². The predicted molar refractivity (Wildman–Crippen MR) is 65.4 cm³/mol. The first-order chi connectivity index (χ1) is 8.63.